The maximum absolute atomic E-state index is 14.0. The van der Waals surface area contributed by atoms with Crippen LogP contribution in [0.1, 0.15) is 46.0 Å². The van der Waals surface area contributed by atoms with Crippen molar-refractivity contribution >= 4 is 12.6 Å². The molecular formula is C13H21F3S. The molecule has 0 aromatic carbocycles. The van der Waals surface area contributed by atoms with Gasteiger partial charge in [0.1, 0.15) is 5.67 Å². The molecular weight excluding hydrogens is 245 g/mol. The minimum Gasteiger partial charge on any atom is -0.243 e. The number of hydrogen-bond donors (Lipinski definition) is 1. The second kappa shape index (κ2) is 4.36. The molecule has 0 nitrogen and oxygen atoms in total. The topological polar surface area (TPSA) is 0 Å². The first kappa shape index (κ1) is 13.6. The lowest BCUT2D eigenvalue weighted by Crippen LogP contribution is -2.48. The van der Waals surface area contributed by atoms with Gasteiger partial charge in [0, 0.05) is 17.6 Å². The van der Waals surface area contributed by atoms with Crippen LogP contribution >= 0.6 is 12.6 Å². The van der Waals surface area contributed by atoms with E-state index in [1.165, 1.54) is 0 Å². The van der Waals surface area contributed by atoms with Gasteiger partial charge in [0.2, 0.25) is 0 Å². The van der Waals surface area contributed by atoms with Gasteiger partial charge in [-0.2, -0.15) is 12.6 Å². The molecule has 2 aliphatic rings. The normalized spacial score (nSPS) is 43.4. The van der Waals surface area contributed by atoms with Gasteiger partial charge in [-0.15, -0.1) is 0 Å². The summed E-state index contributed by atoms with van der Waals surface area (Å²) in [5.41, 5.74) is -1.16. The van der Waals surface area contributed by atoms with Crippen molar-refractivity contribution in [1.29, 1.82) is 0 Å². The summed E-state index contributed by atoms with van der Waals surface area (Å²) < 4.78 is 40.4. The molecule has 2 fully saturated rings. The second-order valence-corrected chi connectivity index (χ2v) is 6.88. The lowest BCUT2D eigenvalue weighted by molar-refractivity contribution is -0.156. The Hall–Kier alpha value is 0.140. The average molecular weight is 266 g/mol. The Labute approximate surface area is 107 Å². The summed E-state index contributed by atoms with van der Waals surface area (Å²) in [7, 11) is 0. The number of hydrogen-bond acceptors (Lipinski definition) is 1. The predicted octanol–water partition coefficient (Wildman–Crippen LogP) is 4.49. The number of rotatable bonds is 4. The van der Waals surface area contributed by atoms with E-state index in [1.807, 2.05) is 6.92 Å². The summed E-state index contributed by atoms with van der Waals surface area (Å²) in [4.78, 5) is 0. The Kier molecular flexibility index (Phi) is 3.48. The van der Waals surface area contributed by atoms with E-state index in [1.54, 1.807) is 6.92 Å². The van der Waals surface area contributed by atoms with E-state index in [0.717, 1.165) is 6.42 Å². The standard InChI is InChI=1S/C13H21F3S/c1-8(11-3-4-13(11,15)16)5-10-6-12(14,7-10)9(2)17/h8-11,17H,3-7H2,1-2H3. The van der Waals surface area contributed by atoms with Crippen molar-refractivity contribution in [3.8, 4) is 0 Å². The molecule has 0 amide bonds. The molecule has 0 radical (unpaired) electrons. The SMILES string of the molecule is CC(CC1CC(F)(C(C)S)C1)C1CCC1(F)F. The number of halogens is 3. The number of thiol groups is 1. The van der Waals surface area contributed by atoms with Crippen LogP contribution < -0.4 is 0 Å². The molecule has 17 heavy (non-hydrogen) atoms. The molecule has 0 aromatic heterocycles. The smallest absolute Gasteiger partial charge is 0.243 e. The molecule has 0 saturated heterocycles. The number of alkyl halides is 3. The fourth-order valence-corrected chi connectivity index (χ4v) is 3.54. The Morgan fingerprint density at radius 2 is 1.82 bits per heavy atom. The van der Waals surface area contributed by atoms with Crippen LogP contribution in [0.15, 0.2) is 0 Å². The zero-order chi connectivity index (χ0) is 12.8. The lowest BCUT2D eigenvalue weighted by Gasteiger charge is -2.47. The molecule has 4 heteroatoms. The van der Waals surface area contributed by atoms with Crippen molar-refractivity contribution in [1.82, 2.24) is 0 Å². The van der Waals surface area contributed by atoms with Crippen molar-refractivity contribution in [3.63, 3.8) is 0 Å². The van der Waals surface area contributed by atoms with Crippen LogP contribution in [0.4, 0.5) is 13.2 Å². The van der Waals surface area contributed by atoms with Crippen molar-refractivity contribution in [2.45, 2.75) is 62.8 Å². The van der Waals surface area contributed by atoms with Gasteiger partial charge < -0.3 is 0 Å². The first-order chi connectivity index (χ1) is 7.74. The van der Waals surface area contributed by atoms with Gasteiger partial charge in [-0.1, -0.05) is 13.8 Å². The molecule has 2 saturated carbocycles. The third-order valence-corrected chi connectivity index (χ3v) is 5.19. The monoisotopic (exact) mass is 266 g/mol. The molecule has 2 aliphatic carbocycles. The summed E-state index contributed by atoms with van der Waals surface area (Å²) in [6.45, 7) is 3.66. The van der Waals surface area contributed by atoms with E-state index in [0.29, 0.717) is 19.3 Å². The molecule has 0 heterocycles. The van der Waals surface area contributed by atoms with Crippen molar-refractivity contribution in [3.05, 3.63) is 0 Å². The molecule has 0 aliphatic heterocycles. The van der Waals surface area contributed by atoms with Gasteiger partial charge in [0.05, 0.1) is 0 Å². The fourth-order valence-electron chi connectivity index (χ4n) is 3.33. The van der Waals surface area contributed by atoms with Crippen LogP contribution in [0.2, 0.25) is 0 Å². The van der Waals surface area contributed by atoms with Crippen LogP contribution in [0.25, 0.3) is 0 Å². The Morgan fingerprint density at radius 3 is 2.18 bits per heavy atom. The zero-order valence-electron chi connectivity index (χ0n) is 10.4. The fraction of sp³-hybridized carbons (Fsp3) is 1.00. The van der Waals surface area contributed by atoms with E-state index in [-0.39, 0.29) is 23.5 Å². The Morgan fingerprint density at radius 1 is 1.24 bits per heavy atom. The molecule has 0 bridgehead atoms. The van der Waals surface area contributed by atoms with Crippen molar-refractivity contribution in [2.75, 3.05) is 0 Å². The highest BCUT2D eigenvalue weighted by atomic mass is 32.1. The van der Waals surface area contributed by atoms with Crippen molar-refractivity contribution < 1.29 is 13.2 Å². The molecule has 0 N–H and O–H groups in total. The van der Waals surface area contributed by atoms with E-state index in [9.17, 15) is 13.2 Å². The first-order valence-corrected chi connectivity index (χ1v) is 7.01. The van der Waals surface area contributed by atoms with E-state index in [2.05, 4.69) is 12.6 Å². The maximum Gasteiger partial charge on any atom is 0.251 e. The van der Waals surface area contributed by atoms with Gasteiger partial charge in [-0.3, -0.25) is 0 Å². The van der Waals surface area contributed by atoms with Gasteiger partial charge in [0.15, 0.2) is 0 Å². The first-order valence-electron chi connectivity index (χ1n) is 6.49. The molecule has 0 spiro atoms. The van der Waals surface area contributed by atoms with E-state index >= 15 is 0 Å². The van der Waals surface area contributed by atoms with Gasteiger partial charge >= 0.3 is 0 Å². The molecule has 3 unspecified atom stereocenters. The summed E-state index contributed by atoms with van der Waals surface area (Å²) >= 11 is 4.14. The minimum atomic E-state index is -2.47. The highest BCUT2D eigenvalue weighted by Crippen LogP contribution is 2.53. The van der Waals surface area contributed by atoms with Crippen LogP contribution in [-0.4, -0.2) is 16.8 Å². The van der Waals surface area contributed by atoms with E-state index < -0.39 is 17.5 Å². The summed E-state index contributed by atoms with van der Waals surface area (Å²) in [5.74, 6) is -2.64. The second-order valence-electron chi connectivity index (χ2n) is 6.10. The maximum atomic E-state index is 14.0. The quantitative estimate of drug-likeness (QED) is 0.712. The average Bonchev–Trinajstić information content (AvgIpc) is 2.13. The molecule has 3 atom stereocenters. The Balaban J connectivity index is 1.77. The molecule has 0 aromatic rings. The summed E-state index contributed by atoms with van der Waals surface area (Å²) in [5, 5.41) is -0.251. The Bertz CT molecular complexity index is 284. The van der Waals surface area contributed by atoms with E-state index in [4.69, 9.17) is 0 Å². The van der Waals surface area contributed by atoms with Gasteiger partial charge in [0.25, 0.3) is 5.92 Å². The highest BCUT2D eigenvalue weighted by molar-refractivity contribution is 7.81. The largest absolute Gasteiger partial charge is 0.251 e. The molecule has 100 valence electrons. The van der Waals surface area contributed by atoms with Crippen LogP contribution in [0.3, 0.4) is 0 Å². The van der Waals surface area contributed by atoms with Crippen molar-refractivity contribution in [2.24, 2.45) is 17.8 Å². The molecule has 2 rings (SSSR count). The van der Waals surface area contributed by atoms with Gasteiger partial charge in [-0.05, 0) is 37.5 Å². The minimum absolute atomic E-state index is 0.0172. The summed E-state index contributed by atoms with van der Waals surface area (Å²) in [6, 6.07) is 0. The third-order valence-electron chi connectivity index (χ3n) is 4.73. The lowest BCUT2D eigenvalue weighted by atomic mass is 9.63. The van der Waals surface area contributed by atoms with Crippen LogP contribution in [0.5, 0.6) is 0 Å². The highest BCUT2D eigenvalue weighted by Gasteiger charge is 2.53. The third kappa shape index (κ3) is 2.47. The van der Waals surface area contributed by atoms with Crippen LogP contribution in [0, 0.1) is 17.8 Å². The van der Waals surface area contributed by atoms with Crippen LogP contribution in [-0.2, 0) is 0 Å². The summed E-state index contributed by atoms with van der Waals surface area (Å²) in [6.07, 6.45) is 2.41. The zero-order valence-corrected chi connectivity index (χ0v) is 11.3. The van der Waals surface area contributed by atoms with Gasteiger partial charge in [-0.25, -0.2) is 13.2 Å². The predicted molar refractivity (Wildman–Crippen MR) is 66.5 cm³/mol.